The van der Waals surface area contributed by atoms with E-state index in [9.17, 15) is 14.4 Å². The first-order valence-electron chi connectivity index (χ1n) is 6.85. The molecule has 3 N–H and O–H groups in total. The van der Waals surface area contributed by atoms with E-state index < -0.39 is 11.8 Å². The molecule has 0 saturated heterocycles. The minimum Gasteiger partial charge on any atom is -0.343 e. The maximum absolute atomic E-state index is 12.0. The summed E-state index contributed by atoms with van der Waals surface area (Å²) in [6.45, 7) is -0.271. The highest BCUT2D eigenvalue weighted by molar-refractivity contribution is 14.1. The van der Waals surface area contributed by atoms with Gasteiger partial charge < -0.3 is 5.32 Å². The van der Waals surface area contributed by atoms with Crippen LogP contribution in [0.3, 0.4) is 0 Å². The highest BCUT2D eigenvalue weighted by Crippen LogP contribution is 2.14. The van der Waals surface area contributed by atoms with Gasteiger partial charge in [0.1, 0.15) is 0 Å². The molecule has 8 heteroatoms. The van der Waals surface area contributed by atoms with Gasteiger partial charge in [0.2, 0.25) is 0 Å². The Morgan fingerprint density at radius 3 is 2.17 bits per heavy atom. The van der Waals surface area contributed by atoms with Crippen molar-refractivity contribution in [2.75, 3.05) is 6.54 Å². The number of halogens is 2. The minimum absolute atomic E-state index is 0.238. The lowest BCUT2D eigenvalue weighted by molar-refractivity contribution is -0.120. The highest BCUT2D eigenvalue weighted by Gasteiger charge is 2.12. The Labute approximate surface area is 157 Å². The van der Waals surface area contributed by atoms with Crippen molar-refractivity contribution < 1.29 is 14.4 Å². The number of carbonyl (C=O) groups is 3. The normalized spacial score (nSPS) is 9.92. The molecule has 0 saturated carbocycles. The summed E-state index contributed by atoms with van der Waals surface area (Å²) in [5.74, 6) is -1.47. The fourth-order valence-electron chi connectivity index (χ4n) is 1.78. The van der Waals surface area contributed by atoms with E-state index in [0.29, 0.717) is 5.56 Å². The van der Waals surface area contributed by atoms with Crippen LogP contribution >= 0.6 is 34.2 Å². The first kappa shape index (κ1) is 18.2. The third-order valence-corrected chi connectivity index (χ3v) is 4.23. The molecule has 0 aliphatic rings. The van der Waals surface area contributed by atoms with E-state index >= 15 is 0 Å². The van der Waals surface area contributed by atoms with Gasteiger partial charge in [-0.2, -0.15) is 0 Å². The molecule has 0 unspecified atom stereocenters. The van der Waals surface area contributed by atoms with Gasteiger partial charge in [-0.25, -0.2) is 0 Å². The zero-order valence-electron chi connectivity index (χ0n) is 12.3. The van der Waals surface area contributed by atoms with Crippen LogP contribution in [0.2, 0.25) is 5.02 Å². The lowest BCUT2D eigenvalue weighted by Crippen LogP contribution is -2.46. The molecule has 0 fully saturated rings. The number of hydrogen-bond acceptors (Lipinski definition) is 3. The fraction of sp³-hybridized carbons (Fsp3) is 0.0625. The molecule has 0 bridgehead atoms. The predicted octanol–water partition coefficient (Wildman–Crippen LogP) is 2.14. The van der Waals surface area contributed by atoms with Crippen molar-refractivity contribution in [2.45, 2.75) is 0 Å². The third-order valence-electron chi connectivity index (χ3n) is 2.96. The van der Waals surface area contributed by atoms with Crippen LogP contribution < -0.4 is 16.2 Å². The molecule has 2 rings (SSSR count). The SMILES string of the molecule is O=C(CNC(=O)c1ccccc1I)NNC(=O)c1ccccc1Cl. The number of rotatable bonds is 4. The highest BCUT2D eigenvalue weighted by atomic mass is 127. The lowest BCUT2D eigenvalue weighted by Gasteiger charge is -2.09. The number of nitrogens with one attached hydrogen (secondary N) is 3. The van der Waals surface area contributed by atoms with Crippen molar-refractivity contribution in [3.63, 3.8) is 0 Å². The average Bonchev–Trinajstić information content (AvgIpc) is 2.58. The van der Waals surface area contributed by atoms with Crippen molar-refractivity contribution in [1.82, 2.24) is 16.2 Å². The summed E-state index contributed by atoms with van der Waals surface area (Å²) in [4.78, 5) is 35.6. The average molecular weight is 458 g/mol. The predicted molar refractivity (Wildman–Crippen MR) is 98.6 cm³/mol. The molecule has 0 aliphatic carbocycles. The Morgan fingerprint density at radius 1 is 0.875 bits per heavy atom. The molecule has 24 heavy (non-hydrogen) atoms. The van der Waals surface area contributed by atoms with E-state index in [1.165, 1.54) is 6.07 Å². The van der Waals surface area contributed by atoms with Gasteiger partial charge in [-0.05, 0) is 46.9 Å². The van der Waals surface area contributed by atoms with Crippen LogP contribution in [0.1, 0.15) is 20.7 Å². The van der Waals surface area contributed by atoms with E-state index in [1.54, 1.807) is 36.4 Å². The molecule has 0 radical (unpaired) electrons. The van der Waals surface area contributed by atoms with E-state index in [2.05, 4.69) is 16.2 Å². The number of hydrogen-bond donors (Lipinski definition) is 3. The van der Waals surface area contributed by atoms with Crippen molar-refractivity contribution in [3.05, 3.63) is 68.3 Å². The smallest absolute Gasteiger partial charge is 0.271 e. The van der Waals surface area contributed by atoms with Crippen LogP contribution in [0.5, 0.6) is 0 Å². The van der Waals surface area contributed by atoms with Crippen LogP contribution in [0.25, 0.3) is 0 Å². The fourth-order valence-corrected chi connectivity index (χ4v) is 2.64. The number of hydrazine groups is 1. The summed E-state index contributed by atoms with van der Waals surface area (Å²) in [6, 6.07) is 13.5. The maximum atomic E-state index is 12.0. The first-order valence-corrected chi connectivity index (χ1v) is 8.31. The van der Waals surface area contributed by atoms with Gasteiger partial charge >= 0.3 is 0 Å². The molecule has 2 aromatic rings. The first-order chi connectivity index (χ1) is 11.5. The number of carbonyl (C=O) groups excluding carboxylic acids is 3. The maximum Gasteiger partial charge on any atom is 0.271 e. The Balaban J connectivity index is 1.82. The van der Waals surface area contributed by atoms with Gasteiger partial charge in [-0.15, -0.1) is 0 Å². The van der Waals surface area contributed by atoms with Gasteiger partial charge in [0.25, 0.3) is 17.7 Å². The van der Waals surface area contributed by atoms with Gasteiger partial charge in [0, 0.05) is 3.57 Å². The number of benzene rings is 2. The second kappa shape index (κ2) is 8.65. The lowest BCUT2D eigenvalue weighted by atomic mass is 10.2. The van der Waals surface area contributed by atoms with E-state index in [0.717, 1.165) is 3.57 Å². The number of amides is 3. The van der Waals surface area contributed by atoms with Crippen molar-refractivity contribution in [2.24, 2.45) is 0 Å². The summed E-state index contributed by atoms with van der Waals surface area (Å²) in [6.07, 6.45) is 0. The topological polar surface area (TPSA) is 87.3 Å². The molecule has 0 atom stereocenters. The zero-order chi connectivity index (χ0) is 17.5. The Bertz CT molecular complexity index is 719. The van der Waals surface area contributed by atoms with Crippen LogP contribution in [0.4, 0.5) is 0 Å². The molecule has 0 spiro atoms. The van der Waals surface area contributed by atoms with Crippen molar-refractivity contribution in [1.29, 1.82) is 0 Å². The molecular formula is C16H13ClIN3O3. The van der Waals surface area contributed by atoms with Crippen LogP contribution in [-0.4, -0.2) is 24.3 Å². The Hall–Kier alpha value is -2.13. The monoisotopic (exact) mass is 457 g/mol. The summed E-state index contributed by atoms with van der Waals surface area (Å²) >= 11 is 7.93. The van der Waals surface area contributed by atoms with Crippen molar-refractivity contribution >= 4 is 51.9 Å². The van der Waals surface area contributed by atoms with Crippen LogP contribution in [0.15, 0.2) is 48.5 Å². The van der Waals surface area contributed by atoms with E-state index in [1.807, 2.05) is 28.7 Å². The molecule has 2 aromatic carbocycles. The van der Waals surface area contributed by atoms with Gasteiger partial charge in [0.15, 0.2) is 0 Å². The molecule has 3 amide bonds. The molecule has 0 aliphatic heterocycles. The van der Waals surface area contributed by atoms with E-state index in [4.69, 9.17) is 11.6 Å². The van der Waals surface area contributed by atoms with Crippen LogP contribution in [0, 0.1) is 3.57 Å². The standard InChI is InChI=1S/C16H13ClIN3O3/c17-12-7-3-1-5-10(12)16(24)21-20-14(22)9-19-15(23)11-6-2-4-8-13(11)18/h1-8H,9H2,(H,19,23)(H,20,22)(H,21,24). The minimum atomic E-state index is -0.560. The molecule has 0 heterocycles. The summed E-state index contributed by atoms with van der Waals surface area (Å²) in [7, 11) is 0. The quantitative estimate of drug-likeness (QED) is 0.486. The summed E-state index contributed by atoms with van der Waals surface area (Å²) in [5.41, 5.74) is 5.17. The van der Waals surface area contributed by atoms with Gasteiger partial charge in [0.05, 0.1) is 22.7 Å². The molecule has 124 valence electrons. The zero-order valence-corrected chi connectivity index (χ0v) is 15.2. The second-order valence-corrected chi connectivity index (χ2v) is 6.21. The third kappa shape index (κ3) is 4.93. The molecule has 0 aromatic heterocycles. The van der Waals surface area contributed by atoms with Crippen LogP contribution in [-0.2, 0) is 4.79 Å². The van der Waals surface area contributed by atoms with E-state index in [-0.39, 0.29) is 23.0 Å². The molecule has 6 nitrogen and oxygen atoms in total. The summed E-state index contributed by atoms with van der Waals surface area (Å²) < 4.78 is 0.778. The molecular weight excluding hydrogens is 445 g/mol. The Morgan fingerprint density at radius 2 is 1.50 bits per heavy atom. The van der Waals surface area contributed by atoms with Gasteiger partial charge in [-0.1, -0.05) is 35.9 Å². The van der Waals surface area contributed by atoms with Gasteiger partial charge in [-0.3, -0.25) is 25.2 Å². The second-order valence-electron chi connectivity index (χ2n) is 4.64. The summed E-state index contributed by atoms with van der Waals surface area (Å²) in [5, 5.41) is 2.76. The largest absolute Gasteiger partial charge is 0.343 e. The Kier molecular flexibility index (Phi) is 6.56. The van der Waals surface area contributed by atoms with Crippen molar-refractivity contribution in [3.8, 4) is 0 Å².